The molecule has 0 spiro atoms. The van der Waals surface area contributed by atoms with Crippen molar-refractivity contribution in [3.05, 3.63) is 104 Å². The maximum Gasteiger partial charge on any atom is 0.277 e. The fourth-order valence-corrected chi connectivity index (χ4v) is 5.91. The number of unbranched alkanes of at least 4 members (excludes halogenated alkanes) is 7. The van der Waals surface area contributed by atoms with Crippen molar-refractivity contribution < 1.29 is 14.6 Å². The highest BCUT2D eigenvalue weighted by Crippen LogP contribution is 2.41. The standard InChI is InChI=1S/C32H37N3O5/c1-2-3-4-5-6-7-8-9-10-14-25-19-18-24-17-16-23-13-11-12-15-29(23)30(24)31(25)33-32(36)26-20-27(34(37)38)22-28(21-26)35(39)40/h2,11-13,15-17,20-22,25,31H,1,3-10,14,18-19H2,(H,33,36). The molecular weight excluding hydrogens is 506 g/mol. The predicted molar refractivity (Wildman–Crippen MR) is 157 cm³/mol. The minimum Gasteiger partial charge on any atom is -0.345 e. The lowest BCUT2D eigenvalue weighted by molar-refractivity contribution is -0.394. The molecule has 1 N–H and O–H groups in total. The van der Waals surface area contributed by atoms with Crippen LogP contribution in [0.3, 0.4) is 0 Å². The topological polar surface area (TPSA) is 115 Å². The molecule has 4 rings (SSSR count). The van der Waals surface area contributed by atoms with Gasteiger partial charge in [0.05, 0.1) is 27.5 Å². The van der Waals surface area contributed by atoms with Crippen molar-refractivity contribution in [2.45, 2.75) is 76.7 Å². The minimum absolute atomic E-state index is 0.0801. The molecule has 0 bridgehead atoms. The first-order valence-corrected chi connectivity index (χ1v) is 14.2. The van der Waals surface area contributed by atoms with E-state index in [2.05, 4.69) is 36.2 Å². The molecule has 0 saturated heterocycles. The number of nitrogens with one attached hydrogen (secondary N) is 1. The lowest BCUT2D eigenvalue weighted by Gasteiger charge is -2.35. The highest BCUT2D eigenvalue weighted by atomic mass is 16.6. The smallest absolute Gasteiger partial charge is 0.277 e. The van der Waals surface area contributed by atoms with Gasteiger partial charge in [0, 0.05) is 12.1 Å². The van der Waals surface area contributed by atoms with Crippen molar-refractivity contribution in [3.63, 3.8) is 0 Å². The zero-order valence-electron chi connectivity index (χ0n) is 22.8. The van der Waals surface area contributed by atoms with Crippen molar-refractivity contribution in [1.29, 1.82) is 0 Å². The molecule has 1 aliphatic rings. The number of carbonyl (C=O) groups excluding carboxylic acids is 1. The van der Waals surface area contributed by atoms with E-state index >= 15 is 0 Å². The Balaban J connectivity index is 1.55. The van der Waals surface area contributed by atoms with Crippen LogP contribution in [0.15, 0.2) is 67.3 Å². The lowest BCUT2D eigenvalue weighted by atomic mass is 9.75. The van der Waals surface area contributed by atoms with E-state index in [9.17, 15) is 25.0 Å². The van der Waals surface area contributed by atoms with Crippen LogP contribution >= 0.6 is 0 Å². The maximum absolute atomic E-state index is 13.5. The molecule has 0 radical (unpaired) electrons. The monoisotopic (exact) mass is 543 g/mol. The van der Waals surface area contributed by atoms with E-state index in [1.807, 2.05) is 18.2 Å². The van der Waals surface area contributed by atoms with E-state index in [4.69, 9.17) is 0 Å². The van der Waals surface area contributed by atoms with Gasteiger partial charge in [0.25, 0.3) is 17.3 Å². The first kappa shape index (κ1) is 28.9. The van der Waals surface area contributed by atoms with E-state index in [-0.39, 0.29) is 17.5 Å². The molecule has 210 valence electrons. The molecule has 3 aromatic rings. The molecule has 0 heterocycles. The second kappa shape index (κ2) is 13.8. The summed E-state index contributed by atoms with van der Waals surface area (Å²) in [5.74, 6) is -0.342. The van der Waals surface area contributed by atoms with Crippen LogP contribution in [0, 0.1) is 26.1 Å². The van der Waals surface area contributed by atoms with Crippen LogP contribution in [0.2, 0.25) is 0 Å². The minimum atomic E-state index is -0.713. The van der Waals surface area contributed by atoms with Gasteiger partial charge in [0.1, 0.15) is 0 Å². The van der Waals surface area contributed by atoms with Crippen LogP contribution in [0.5, 0.6) is 0 Å². The molecule has 0 saturated carbocycles. The van der Waals surface area contributed by atoms with Gasteiger partial charge in [-0.25, -0.2) is 0 Å². The highest BCUT2D eigenvalue weighted by Gasteiger charge is 2.33. The molecule has 8 nitrogen and oxygen atoms in total. The predicted octanol–water partition coefficient (Wildman–Crippen LogP) is 8.39. The number of nitro benzene ring substituents is 2. The van der Waals surface area contributed by atoms with E-state index in [1.54, 1.807) is 0 Å². The molecule has 3 aromatic carbocycles. The summed E-state index contributed by atoms with van der Waals surface area (Å²) in [5.41, 5.74) is 1.24. The Hall–Kier alpha value is -4.07. The van der Waals surface area contributed by atoms with Crippen LogP contribution in [0.4, 0.5) is 11.4 Å². The number of non-ortho nitro benzene ring substituents is 2. The van der Waals surface area contributed by atoms with Gasteiger partial charge in [-0.1, -0.05) is 81.0 Å². The van der Waals surface area contributed by atoms with Gasteiger partial charge in [-0.3, -0.25) is 25.0 Å². The SMILES string of the molecule is C=CCCCCCCCCCC1CCc2ccc3ccccc3c2C1NC(=O)c1cc([N+](=O)[O-])cc([N+](=O)[O-])c1. The van der Waals surface area contributed by atoms with Crippen LogP contribution in [0.25, 0.3) is 10.8 Å². The Morgan fingerprint density at radius 1 is 0.900 bits per heavy atom. The normalized spacial score (nSPS) is 16.3. The number of amides is 1. The number of hydrogen-bond donors (Lipinski definition) is 1. The highest BCUT2D eigenvalue weighted by molar-refractivity contribution is 5.96. The van der Waals surface area contributed by atoms with Gasteiger partial charge >= 0.3 is 0 Å². The zero-order chi connectivity index (χ0) is 28.5. The quantitative estimate of drug-likeness (QED) is 0.0948. The summed E-state index contributed by atoms with van der Waals surface area (Å²) in [5, 5.41) is 28.1. The first-order chi connectivity index (χ1) is 19.4. The third kappa shape index (κ3) is 7.11. The number of nitro groups is 2. The Morgan fingerprint density at radius 2 is 1.55 bits per heavy atom. The summed E-state index contributed by atoms with van der Waals surface area (Å²) < 4.78 is 0. The number of hydrogen-bond acceptors (Lipinski definition) is 5. The van der Waals surface area contributed by atoms with Gasteiger partial charge in [0.15, 0.2) is 0 Å². The molecule has 1 amide bonds. The molecule has 0 aliphatic heterocycles. The summed E-state index contributed by atoms with van der Waals surface area (Å²) in [6.07, 6.45) is 14.1. The van der Waals surface area contributed by atoms with Crippen LogP contribution < -0.4 is 5.32 Å². The van der Waals surface area contributed by atoms with E-state index in [1.165, 1.54) is 37.7 Å². The third-order valence-corrected chi connectivity index (χ3v) is 7.98. The Bertz CT molecular complexity index is 1350. The molecule has 0 fully saturated rings. The number of fused-ring (bicyclic) bond motifs is 3. The van der Waals surface area contributed by atoms with Gasteiger partial charge in [0.2, 0.25) is 0 Å². The van der Waals surface area contributed by atoms with Crippen molar-refractivity contribution >= 4 is 28.1 Å². The molecule has 40 heavy (non-hydrogen) atoms. The largest absolute Gasteiger partial charge is 0.345 e. The van der Waals surface area contributed by atoms with Crippen LogP contribution in [-0.2, 0) is 6.42 Å². The van der Waals surface area contributed by atoms with E-state index < -0.39 is 27.1 Å². The second-order valence-corrected chi connectivity index (χ2v) is 10.7. The Kier molecular flexibility index (Phi) is 10.00. The van der Waals surface area contributed by atoms with Gasteiger partial charge in [-0.15, -0.1) is 6.58 Å². The second-order valence-electron chi connectivity index (χ2n) is 10.7. The summed E-state index contributed by atoms with van der Waals surface area (Å²) in [7, 11) is 0. The zero-order valence-corrected chi connectivity index (χ0v) is 22.8. The summed E-state index contributed by atoms with van der Waals surface area (Å²) in [4.78, 5) is 34.9. The molecule has 0 aromatic heterocycles. The van der Waals surface area contributed by atoms with Gasteiger partial charge in [-0.05, 0) is 59.9 Å². The number of carbonyl (C=O) groups is 1. The molecule has 2 atom stereocenters. The molecular formula is C32H37N3O5. The average Bonchev–Trinajstić information content (AvgIpc) is 2.96. The summed E-state index contributed by atoms with van der Waals surface area (Å²) in [6.45, 7) is 3.78. The number of nitrogens with zero attached hydrogens (tertiary/aromatic N) is 2. The average molecular weight is 544 g/mol. The van der Waals surface area contributed by atoms with Crippen molar-refractivity contribution in [2.24, 2.45) is 5.92 Å². The van der Waals surface area contributed by atoms with E-state index in [0.717, 1.165) is 73.1 Å². The number of allylic oxidation sites excluding steroid dienone is 1. The number of rotatable bonds is 14. The molecule has 8 heteroatoms. The Morgan fingerprint density at radius 3 is 2.23 bits per heavy atom. The first-order valence-electron chi connectivity index (χ1n) is 14.2. The molecule has 1 aliphatic carbocycles. The fourth-order valence-electron chi connectivity index (χ4n) is 5.91. The van der Waals surface area contributed by atoms with Crippen molar-refractivity contribution in [3.8, 4) is 0 Å². The lowest BCUT2D eigenvalue weighted by Crippen LogP contribution is -2.36. The fraction of sp³-hybridized carbons (Fsp3) is 0.406. The van der Waals surface area contributed by atoms with E-state index in [0.29, 0.717) is 0 Å². The van der Waals surface area contributed by atoms with Crippen molar-refractivity contribution in [1.82, 2.24) is 5.32 Å². The van der Waals surface area contributed by atoms with Gasteiger partial charge in [-0.2, -0.15) is 0 Å². The maximum atomic E-state index is 13.5. The van der Waals surface area contributed by atoms with Crippen molar-refractivity contribution in [2.75, 3.05) is 0 Å². The Labute approximate surface area is 234 Å². The summed E-state index contributed by atoms with van der Waals surface area (Å²) >= 11 is 0. The van der Waals surface area contributed by atoms with Crippen LogP contribution in [-0.4, -0.2) is 15.8 Å². The van der Waals surface area contributed by atoms with Crippen LogP contribution in [0.1, 0.15) is 91.7 Å². The number of aryl methyl sites for hydroxylation is 1. The molecule has 2 unspecified atom stereocenters. The third-order valence-electron chi connectivity index (χ3n) is 7.98. The number of benzene rings is 3. The summed E-state index contributed by atoms with van der Waals surface area (Å²) in [6, 6.07) is 15.1. The van der Waals surface area contributed by atoms with Gasteiger partial charge < -0.3 is 5.32 Å².